The van der Waals surface area contributed by atoms with Crippen molar-refractivity contribution < 1.29 is 4.92 Å². The Morgan fingerprint density at radius 3 is 2.48 bits per heavy atom. The van der Waals surface area contributed by atoms with Gasteiger partial charge in [0.05, 0.1) is 15.1 Å². The molecule has 0 atom stereocenters. The number of nitrogens with one attached hydrogen (secondary N) is 2. The van der Waals surface area contributed by atoms with E-state index >= 15 is 0 Å². The van der Waals surface area contributed by atoms with Crippen LogP contribution in [0.4, 0.5) is 28.1 Å². The largest absolute Gasteiger partial charge is 0.353 e. The third-order valence-electron chi connectivity index (χ3n) is 4.50. The minimum absolute atomic E-state index is 0.0921. The monoisotopic (exact) mass is 406 g/mol. The van der Waals surface area contributed by atoms with E-state index in [1.807, 2.05) is 57.2 Å². The minimum atomic E-state index is -0.492. The highest BCUT2D eigenvalue weighted by Crippen LogP contribution is 2.36. The van der Waals surface area contributed by atoms with Crippen molar-refractivity contribution in [1.82, 2.24) is 15.0 Å². The van der Waals surface area contributed by atoms with Crippen LogP contribution in [0.15, 0.2) is 42.7 Å². The molecule has 2 N–H and O–H groups in total. The fourth-order valence-corrected chi connectivity index (χ4v) is 3.92. The van der Waals surface area contributed by atoms with E-state index in [2.05, 4.69) is 25.6 Å². The van der Waals surface area contributed by atoms with Crippen LogP contribution in [0.5, 0.6) is 0 Å². The van der Waals surface area contributed by atoms with Crippen LogP contribution in [0.1, 0.15) is 16.7 Å². The first-order chi connectivity index (χ1) is 13.9. The minimum Gasteiger partial charge on any atom is -0.334 e. The molecule has 0 saturated carbocycles. The van der Waals surface area contributed by atoms with Crippen LogP contribution < -0.4 is 10.6 Å². The van der Waals surface area contributed by atoms with Crippen molar-refractivity contribution in [3.8, 4) is 0 Å². The maximum absolute atomic E-state index is 11.8. The number of nitrogens with zero attached hydrogens (tertiary/aromatic N) is 4. The van der Waals surface area contributed by atoms with Gasteiger partial charge in [0.1, 0.15) is 6.33 Å². The number of hydrogen-bond donors (Lipinski definition) is 2. The summed E-state index contributed by atoms with van der Waals surface area (Å²) >= 11 is 1.42. The van der Waals surface area contributed by atoms with E-state index < -0.39 is 4.92 Å². The number of anilines is 4. The number of benzene rings is 2. The summed E-state index contributed by atoms with van der Waals surface area (Å²) in [5, 5.41) is 18.4. The lowest BCUT2D eigenvalue weighted by Gasteiger charge is -2.11. The number of thiazole rings is 1. The summed E-state index contributed by atoms with van der Waals surface area (Å²) in [6.07, 6.45) is 1.29. The molecule has 8 nitrogen and oxygen atoms in total. The molecule has 0 bridgehead atoms. The summed E-state index contributed by atoms with van der Waals surface area (Å²) in [4.78, 5) is 24.1. The van der Waals surface area contributed by atoms with Crippen molar-refractivity contribution >= 4 is 49.7 Å². The summed E-state index contributed by atoms with van der Waals surface area (Å²) in [6, 6.07) is 11.8. The maximum Gasteiger partial charge on any atom is 0.353 e. The number of fused-ring (bicyclic) bond motifs is 1. The third-order valence-corrected chi connectivity index (χ3v) is 5.43. The molecule has 2 aromatic carbocycles. The Hall–Kier alpha value is -3.59. The van der Waals surface area contributed by atoms with Crippen LogP contribution in [-0.2, 0) is 0 Å². The molecule has 2 heterocycles. The van der Waals surface area contributed by atoms with Gasteiger partial charge in [0.2, 0.25) is 11.6 Å². The van der Waals surface area contributed by atoms with Gasteiger partial charge in [-0.05, 0) is 49.6 Å². The topological polar surface area (TPSA) is 106 Å². The quantitative estimate of drug-likeness (QED) is 0.337. The van der Waals surface area contributed by atoms with E-state index in [-0.39, 0.29) is 17.3 Å². The second-order valence-electron chi connectivity index (χ2n) is 6.69. The van der Waals surface area contributed by atoms with Crippen LogP contribution in [0.25, 0.3) is 10.2 Å². The van der Waals surface area contributed by atoms with Gasteiger partial charge in [-0.2, -0.15) is 0 Å². The highest BCUT2D eigenvalue weighted by Gasteiger charge is 2.24. The normalized spacial score (nSPS) is 10.9. The predicted molar refractivity (Wildman–Crippen MR) is 116 cm³/mol. The molecule has 4 rings (SSSR count). The van der Waals surface area contributed by atoms with Gasteiger partial charge in [0.15, 0.2) is 5.13 Å². The van der Waals surface area contributed by atoms with Gasteiger partial charge in [-0.25, -0.2) is 15.0 Å². The molecule has 0 aliphatic heterocycles. The Morgan fingerprint density at radius 2 is 1.76 bits per heavy atom. The van der Waals surface area contributed by atoms with Crippen LogP contribution in [0, 0.1) is 30.9 Å². The SMILES string of the molecule is Cc1ccc(C)c(Nc2ncnc(Nc3nc4c(C)cccc4s3)c2[N+](=O)[O-])c1. The Balaban J connectivity index is 1.73. The fraction of sp³-hybridized carbons (Fsp3) is 0.150. The number of para-hydroxylation sites is 1. The van der Waals surface area contributed by atoms with Gasteiger partial charge in [-0.1, -0.05) is 35.6 Å². The number of rotatable bonds is 5. The van der Waals surface area contributed by atoms with E-state index in [1.54, 1.807) is 0 Å². The van der Waals surface area contributed by atoms with Crippen LogP contribution in [0.2, 0.25) is 0 Å². The summed E-state index contributed by atoms with van der Waals surface area (Å²) in [7, 11) is 0. The molecule has 4 aromatic rings. The number of aryl methyl sites for hydroxylation is 3. The second-order valence-corrected chi connectivity index (χ2v) is 7.72. The highest BCUT2D eigenvalue weighted by atomic mass is 32.1. The molecule has 0 fully saturated rings. The van der Waals surface area contributed by atoms with E-state index in [9.17, 15) is 10.1 Å². The van der Waals surface area contributed by atoms with Crippen molar-refractivity contribution in [2.45, 2.75) is 20.8 Å². The van der Waals surface area contributed by atoms with Crippen molar-refractivity contribution in [2.75, 3.05) is 10.6 Å². The molecular weight excluding hydrogens is 388 g/mol. The zero-order valence-corrected chi connectivity index (χ0v) is 16.9. The zero-order chi connectivity index (χ0) is 20.5. The van der Waals surface area contributed by atoms with Crippen LogP contribution >= 0.6 is 11.3 Å². The Bertz CT molecular complexity index is 1240. The first kappa shape index (κ1) is 18.8. The standard InChI is InChI=1S/C20H18N6O2S/c1-11-7-8-12(2)14(9-11)23-18-17(26(27)28)19(22-10-21-18)25-20-24-16-13(3)5-4-6-15(16)29-20/h4-10H,1-3H3,(H2,21,22,23,24,25). The average molecular weight is 406 g/mol. The molecule has 0 aliphatic carbocycles. The van der Waals surface area contributed by atoms with Crippen molar-refractivity contribution in [1.29, 1.82) is 0 Å². The number of aromatic nitrogens is 3. The summed E-state index contributed by atoms with van der Waals surface area (Å²) in [5.41, 5.74) is 4.43. The molecule has 2 aromatic heterocycles. The van der Waals surface area contributed by atoms with Crippen molar-refractivity contribution in [3.05, 3.63) is 69.5 Å². The van der Waals surface area contributed by atoms with Gasteiger partial charge < -0.3 is 10.6 Å². The number of hydrogen-bond acceptors (Lipinski definition) is 8. The molecular formula is C20H18N6O2S. The molecule has 0 amide bonds. The van der Waals surface area contributed by atoms with Gasteiger partial charge in [-0.3, -0.25) is 10.1 Å². The lowest BCUT2D eigenvalue weighted by Crippen LogP contribution is -2.06. The Labute approximate surface area is 170 Å². The molecule has 0 saturated heterocycles. The smallest absolute Gasteiger partial charge is 0.334 e. The lowest BCUT2D eigenvalue weighted by atomic mass is 10.1. The molecule has 0 unspecified atom stereocenters. The van der Waals surface area contributed by atoms with Gasteiger partial charge in [-0.15, -0.1) is 0 Å². The van der Waals surface area contributed by atoms with Crippen LogP contribution in [-0.4, -0.2) is 19.9 Å². The van der Waals surface area contributed by atoms with Crippen molar-refractivity contribution in [2.24, 2.45) is 0 Å². The Morgan fingerprint density at radius 1 is 1.00 bits per heavy atom. The van der Waals surface area contributed by atoms with E-state index in [0.717, 1.165) is 32.6 Å². The molecule has 9 heteroatoms. The third kappa shape index (κ3) is 3.72. The maximum atomic E-state index is 11.8. The lowest BCUT2D eigenvalue weighted by molar-refractivity contribution is -0.383. The zero-order valence-electron chi connectivity index (χ0n) is 16.1. The predicted octanol–water partition coefficient (Wildman–Crippen LogP) is 5.41. The van der Waals surface area contributed by atoms with Crippen LogP contribution in [0.3, 0.4) is 0 Å². The van der Waals surface area contributed by atoms with Gasteiger partial charge in [0.25, 0.3) is 0 Å². The molecule has 0 aliphatic rings. The fourth-order valence-electron chi connectivity index (χ4n) is 2.97. The molecule has 146 valence electrons. The van der Waals surface area contributed by atoms with Gasteiger partial charge >= 0.3 is 5.69 Å². The first-order valence-electron chi connectivity index (χ1n) is 8.89. The summed E-state index contributed by atoms with van der Waals surface area (Å²) in [6.45, 7) is 5.86. The molecule has 0 spiro atoms. The Kier molecular flexibility index (Phi) is 4.81. The number of nitro groups is 1. The van der Waals surface area contributed by atoms with Gasteiger partial charge in [0, 0.05) is 5.69 Å². The van der Waals surface area contributed by atoms with Crippen molar-refractivity contribution in [3.63, 3.8) is 0 Å². The summed E-state index contributed by atoms with van der Waals surface area (Å²) in [5.74, 6) is 0.216. The molecule has 29 heavy (non-hydrogen) atoms. The summed E-state index contributed by atoms with van der Waals surface area (Å²) < 4.78 is 0.998. The van der Waals surface area contributed by atoms with E-state index in [4.69, 9.17) is 0 Å². The second kappa shape index (κ2) is 7.44. The van der Waals surface area contributed by atoms with E-state index in [0.29, 0.717) is 5.13 Å². The first-order valence-corrected chi connectivity index (χ1v) is 9.71. The highest BCUT2D eigenvalue weighted by molar-refractivity contribution is 7.22. The van der Waals surface area contributed by atoms with E-state index in [1.165, 1.54) is 17.7 Å². The average Bonchev–Trinajstić information content (AvgIpc) is 3.08. The molecule has 0 radical (unpaired) electrons.